The molecule has 0 saturated heterocycles. The average molecular weight is 280 g/mol. The van der Waals surface area contributed by atoms with Gasteiger partial charge in [0.05, 0.1) is 7.11 Å². The largest absolute Gasteiger partial charge is 0.497 e. The number of benzene rings is 1. The van der Waals surface area contributed by atoms with Crippen molar-refractivity contribution in [1.82, 2.24) is 0 Å². The Balaban J connectivity index is 3.19. The summed E-state index contributed by atoms with van der Waals surface area (Å²) < 4.78 is 5.28. The summed E-state index contributed by atoms with van der Waals surface area (Å²) in [6.07, 6.45) is 3.15. The maximum absolute atomic E-state index is 5.80. The minimum absolute atomic E-state index is 0.0753. The van der Waals surface area contributed by atoms with E-state index in [0.717, 1.165) is 36.3 Å². The maximum Gasteiger partial charge on any atom is 0.120 e. The van der Waals surface area contributed by atoms with Crippen molar-refractivity contribution in [3.05, 3.63) is 23.8 Å². The van der Waals surface area contributed by atoms with E-state index in [4.69, 9.17) is 22.7 Å². The monoisotopic (exact) mass is 280 g/mol. The van der Waals surface area contributed by atoms with Crippen molar-refractivity contribution in [3.8, 4) is 5.75 Å². The standard InChI is InChI=1S/C15H24N2OS/c1-5-15(6-2,7-3)17-13-10-11(18-4)8-9-12(13)14(16)19/h8-10,17H,5-7H2,1-4H3,(H2,16,19). The first-order chi connectivity index (χ1) is 9.01. The van der Waals surface area contributed by atoms with Crippen LogP contribution in [0, 0.1) is 0 Å². The van der Waals surface area contributed by atoms with Gasteiger partial charge in [-0.3, -0.25) is 0 Å². The zero-order valence-electron chi connectivity index (χ0n) is 12.2. The minimum Gasteiger partial charge on any atom is -0.497 e. The molecule has 0 unspecified atom stereocenters. The van der Waals surface area contributed by atoms with Crippen LogP contribution in [0.5, 0.6) is 5.75 Å². The lowest BCUT2D eigenvalue weighted by molar-refractivity contribution is 0.411. The van der Waals surface area contributed by atoms with E-state index in [2.05, 4.69) is 26.1 Å². The normalized spacial score (nSPS) is 11.2. The van der Waals surface area contributed by atoms with Gasteiger partial charge >= 0.3 is 0 Å². The third-order valence-corrected chi connectivity index (χ3v) is 4.14. The second-order valence-electron chi connectivity index (χ2n) is 4.74. The maximum atomic E-state index is 5.80. The molecule has 0 saturated carbocycles. The fourth-order valence-electron chi connectivity index (χ4n) is 2.27. The van der Waals surface area contributed by atoms with Crippen molar-refractivity contribution in [2.45, 2.75) is 45.6 Å². The fraction of sp³-hybridized carbons (Fsp3) is 0.533. The van der Waals surface area contributed by atoms with Crippen molar-refractivity contribution in [3.63, 3.8) is 0 Å². The van der Waals surface area contributed by atoms with E-state index in [9.17, 15) is 0 Å². The molecule has 1 aromatic carbocycles. The molecule has 0 aliphatic carbocycles. The second-order valence-corrected chi connectivity index (χ2v) is 5.18. The third-order valence-electron chi connectivity index (χ3n) is 3.92. The quantitative estimate of drug-likeness (QED) is 0.747. The molecule has 19 heavy (non-hydrogen) atoms. The molecule has 1 rings (SSSR count). The Morgan fingerprint density at radius 3 is 2.26 bits per heavy atom. The first-order valence-corrected chi connectivity index (χ1v) is 7.18. The number of ether oxygens (including phenoxy) is 1. The molecule has 3 nitrogen and oxygen atoms in total. The number of methoxy groups -OCH3 is 1. The van der Waals surface area contributed by atoms with Gasteiger partial charge in [0, 0.05) is 22.9 Å². The topological polar surface area (TPSA) is 47.3 Å². The Hall–Kier alpha value is -1.29. The van der Waals surface area contributed by atoms with Crippen LogP contribution in [-0.4, -0.2) is 17.6 Å². The van der Waals surface area contributed by atoms with Crippen LogP contribution in [0.2, 0.25) is 0 Å². The lowest BCUT2D eigenvalue weighted by atomic mass is 9.89. The molecule has 0 amide bonds. The summed E-state index contributed by atoms with van der Waals surface area (Å²) in [5.74, 6) is 0.805. The van der Waals surface area contributed by atoms with Gasteiger partial charge < -0.3 is 15.8 Å². The molecule has 0 bridgehead atoms. The number of hydrogen-bond donors (Lipinski definition) is 2. The molecule has 0 aliphatic heterocycles. The molecule has 0 heterocycles. The molecule has 0 fully saturated rings. The number of anilines is 1. The summed E-state index contributed by atoms with van der Waals surface area (Å²) in [5.41, 5.74) is 7.70. The van der Waals surface area contributed by atoms with Crippen molar-refractivity contribution >= 4 is 22.9 Å². The molecule has 4 heteroatoms. The smallest absolute Gasteiger partial charge is 0.120 e. The van der Waals surface area contributed by atoms with Crippen LogP contribution in [0.25, 0.3) is 0 Å². The summed E-state index contributed by atoms with van der Waals surface area (Å²) >= 11 is 5.12. The Labute approximate surface area is 121 Å². The van der Waals surface area contributed by atoms with Crippen LogP contribution >= 0.6 is 12.2 Å². The van der Waals surface area contributed by atoms with Crippen LogP contribution in [0.4, 0.5) is 5.69 Å². The highest BCUT2D eigenvalue weighted by atomic mass is 32.1. The summed E-state index contributed by atoms with van der Waals surface area (Å²) in [6, 6.07) is 5.75. The lowest BCUT2D eigenvalue weighted by Gasteiger charge is -2.34. The van der Waals surface area contributed by atoms with Crippen molar-refractivity contribution < 1.29 is 4.74 Å². The number of rotatable bonds is 7. The van der Waals surface area contributed by atoms with E-state index in [-0.39, 0.29) is 5.54 Å². The second kappa shape index (κ2) is 6.75. The van der Waals surface area contributed by atoms with Gasteiger partial charge in [-0.15, -0.1) is 0 Å². The van der Waals surface area contributed by atoms with E-state index in [1.54, 1.807) is 7.11 Å². The number of nitrogens with one attached hydrogen (secondary N) is 1. The van der Waals surface area contributed by atoms with Crippen molar-refractivity contribution in [1.29, 1.82) is 0 Å². The predicted molar refractivity (Wildman–Crippen MR) is 86.1 cm³/mol. The molecule has 3 N–H and O–H groups in total. The van der Waals surface area contributed by atoms with E-state index in [0.29, 0.717) is 4.99 Å². The fourth-order valence-corrected chi connectivity index (χ4v) is 2.45. The predicted octanol–water partition coefficient (Wildman–Crippen LogP) is 3.71. The molecule has 106 valence electrons. The van der Waals surface area contributed by atoms with E-state index in [1.807, 2.05) is 18.2 Å². The van der Waals surface area contributed by atoms with Gasteiger partial charge in [0.15, 0.2) is 0 Å². The highest BCUT2D eigenvalue weighted by Gasteiger charge is 2.24. The molecular weight excluding hydrogens is 256 g/mol. The SMILES string of the molecule is CCC(CC)(CC)Nc1cc(OC)ccc1C(N)=S. The van der Waals surface area contributed by atoms with Crippen molar-refractivity contribution in [2.24, 2.45) is 5.73 Å². The van der Waals surface area contributed by atoms with E-state index < -0.39 is 0 Å². The Morgan fingerprint density at radius 2 is 1.84 bits per heavy atom. The van der Waals surface area contributed by atoms with Gasteiger partial charge in [-0.05, 0) is 31.4 Å². The first kappa shape index (κ1) is 15.8. The third kappa shape index (κ3) is 3.60. The minimum atomic E-state index is 0.0753. The van der Waals surface area contributed by atoms with Gasteiger partial charge in [0.1, 0.15) is 10.7 Å². The number of nitrogens with two attached hydrogens (primary N) is 1. The summed E-state index contributed by atoms with van der Waals surface area (Å²) in [5, 5.41) is 3.62. The van der Waals surface area contributed by atoms with Crippen LogP contribution in [-0.2, 0) is 0 Å². The van der Waals surface area contributed by atoms with Gasteiger partial charge in [0.2, 0.25) is 0 Å². The van der Waals surface area contributed by atoms with Crippen LogP contribution in [0.3, 0.4) is 0 Å². The average Bonchev–Trinajstić information content (AvgIpc) is 2.44. The van der Waals surface area contributed by atoms with Gasteiger partial charge in [-0.2, -0.15) is 0 Å². The Bertz CT molecular complexity index is 434. The molecule has 0 radical (unpaired) electrons. The van der Waals surface area contributed by atoms with E-state index >= 15 is 0 Å². The van der Waals surface area contributed by atoms with Crippen LogP contribution in [0.1, 0.15) is 45.6 Å². The zero-order chi connectivity index (χ0) is 14.5. The Morgan fingerprint density at radius 1 is 1.26 bits per heavy atom. The lowest BCUT2D eigenvalue weighted by Crippen LogP contribution is -2.36. The van der Waals surface area contributed by atoms with Crippen LogP contribution in [0.15, 0.2) is 18.2 Å². The molecule has 0 atom stereocenters. The number of hydrogen-bond acceptors (Lipinski definition) is 3. The van der Waals surface area contributed by atoms with Gasteiger partial charge in [-0.25, -0.2) is 0 Å². The Kier molecular flexibility index (Phi) is 5.60. The molecule has 0 aliphatic rings. The molecule has 0 aromatic heterocycles. The highest BCUT2D eigenvalue weighted by molar-refractivity contribution is 7.80. The van der Waals surface area contributed by atoms with Crippen molar-refractivity contribution in [2.75, 3.05) is 12.4 Å². The zero-order valence-corrected chi connectivity index (χ0v) is 13.1. The molecule has 0 spiro atoms. The number of thiocarbonyl (C=S) groups is 1. The van der Waals surface area contributed by atoms with Crippen LogP contribution < -0.4 is 15.8 Å². The highest BCUT2D eigenvalue weighted by Crippen LogP contribution is 2.30. The van der Waals surface area contributed by atoms with E-state index in [1.165, 1.54) is 0 Å². The van der Waals surface area contributed by atoms with Gasteiger partial charge in [0.25, 0.3) is 0 Å². The van der Waals surface area contributed by atoms with Gasteiger partial charge in [-0.1, -0.05) is 33.0 Å². The summed E-state index contributed by atoms with van der Waals surface area (Å²) in [6.45, 7) is 6.59. The first-order valence-electron chi connectivity index (χ1n) is 6.78. The molecule has 1 aromatic rings. The summed E-state index contributed by atoms with van der Waals surface area (Å²) in [7, 11) is 1.66. The summed E-state index contributed by atoms with van der Waals surface area (Å²) in [4.78, 5) is 0.405. The molecular formula is C15H24N2OS.